The lowest BCUT2D eigenvalue weighted by atomic mass is 10.2. The van der Waals surface area contributed by atoms with Crippen LogP contribution in [0.25, 0.3) is 0 Å². The number of ether oxygens (including phenoxy) is 1. The second-order valence-corrected chi connectivity index (χ2v) is 6.94. The molecule has 0 fully saturated rings. The molecule has 2 heterocycles. The molecular weight excluding hydrogens is 461 g/mol. The zero-order valence-corrected chi connectivity index (χ0v) is 19.4. The minimum atomic E-state index is 0. The number of aromatic nitrogens is 2. The number of thiophene rings is 1. The first-order valence-corrected chi connectivity index (χ1v) is 9.51. The highest BCUT2D eigenvalue weighted by Crippen LogP contribution is 2.16. The Bertz CT molecular complexity index is 711. The van der Waals surface area contributed by atoms with E-state index in [0.29, 0.717) is 13.2 Å². The Morgan fingerprint density at radius 1 is 1.31 bits per heavy atom. The lowest BCUT2D eigenvalue weighted by molar-refractivity contribution is 0.182. The number of aryl methyl sites for hydroxylation is 2. The number of methoxy groups -OCH3 is 1. The van der Waals surface area contributed by atoms with Gasteiger partial charge in [0, 0.05) is 29.8 Å². The molecule has 0 amide bonds. The van der Waals surface area contributed by atoms with Crippen molar-refractivity contribution in [3.63, 3.8) is 0 Å². The van der Waals surface area contributed by atoms with E-state index in [2.05, 4.69) is 47.9 Å². The zero-order chi connectivity index (χ0) is 18.2. The van der Waals surface area contributed by atoms with Crippen molar-refractivity contribution in [2.45, 2.75) is 47.3 Å². The van der Waals surface area contributed by atoms with Crippen molar-refractivity contribution in [1.29, 1.82) is 0 Å². The minimum Gasteiger partial charge on any atom is -0.383 e. The van der Waals surface area contributed by atoms with Crippen molar-refractivity contribution in [3.8, 4) is 0 Å². The smallest absolute Gasteiger partial charge is 0.191 e. The number of guanidine groups is 1. The fraction of sp³-hybridized carbons (Fsp3) is 0.556. The number of nitrogens with one attached hydrogen (secondary N) is 2. The SMILES string of the molecule is CCNC(=NCc1c(C)nn(CCOC)c1C)NCc1sccc1C.I. The molecule has 2 N–H and O–H groups in total. The van der Waals surface area contributed by atoms with E-state index >= 15 is 0 Å². The minimum absolute atomic E-state index is 0. The van der Waals surface area contributed by atoms with Gasteiger partial charge in [-0.25, -0.2) is 4.99 Å². The van der Waals surface area contributed by atoms with E-state index < -0.39 is 0 Å². The second kappa shape index (κ2) is 11.6. The fourth-order valence-corrected chi connectivity index (χ4v) is 3.45. The molecule has 0 aliphatic carbocycles. The van der Waals surface area contributed by atoms with Gasteiger partial charge in [0.15, 0.2) is 5.96 Å². The monoisotopic (exact) mass is 491 g/mol. The normalized spacial score (nSPS) is 11.3. The summed E-state index contributed by atoms with van der Waals surface area (Å²) in [6.07, 6.45) is 0. The van der Waals surface area contributed by atoms with Gasteiger partial charge < -0.3 is 15.4 Å². The molecule has 8 heteroatoms. The molecule has 26 heavy (non-hydrogen) atoms. The first kappa shape index (κ1) is 22.9. The second-order valence-electron chi connectivity index (χ2n) is 5.94. The zero-order valence-electron chi connectivity index (χ0n) is 16.3. The lowest BCUT2D eigenvalue weighted by Crippen LogP contribution is -2.36. The fourth-order valence-electron chi connectivity index (χ4n) is 2.61. The number of rotatable bonds is 8. The third-order valence-electron chi connectivity index (χ3n) is 4.16. The summed E-state index contributed by atoms with van der Waals surface area (Å²) in [4.78, 5) is 6.08. The Morgan fingerprint density at radius 2 is 2.08 bits per heavy atom. The average molecular weight is 491 g/mol. The molecule has 0 aliphatic heterocycles. The molecule has 0 unspecified atom stereocenters. The maximum atomic E-state index is 5.15. The van der Waals surface area contributed by atoms with Crippen LogP contribution < -0.4 is 10.6 Å². The molecule has 2 aromatic heterocycles. The van der Waals surface area contributed by atoms with Crippen LogP contribution in [0.5, 0.6) is 0 Å². The topological polar surface area (TPSA) is 63.5 Å². The summed E-state index contributed by atoms with van der Waals surface area (Å²) in [5, 5.41) is 13.4. The van der Waals surface area contributed by atoms with Gasteiger partial charge in [-0.2, -0.15) is 5.10 Å². The predicted octanol–water partition coefficient (Wildman–Crippen LogP) is 3.39. The Kier molecular flexibility index (Phi) is 10.2. The molecule has 2 aromatic rings. The lowest BCUT2D eigenvalue weighted by Gasteiger charge is -2.11. The van der Waals surface area contributed by atoms with Crippen molar-refractivity contribution in [1.82, 2.24) is 20.4 Å². The van der Waals surface area contributed by atoms with Crippen LogP contribution in [-0.2, 0) is 24.4 Å². The van der Waals surface area contributed by atoms with Gasteiger partial charge in [0.25, 0.3) is 0 Å². The van der Waals surface area contributed by atoms with Crippen LogP contribution in [0.3, 0.4) is 0 Å². The van der Waals surface area contributed by atoms with Crippen LogP contribution in [0, 0.1) is 20.8 Å². The Morgan fingerprint density at radius 3 is 2.69 bits per heavy atom. The van der Waals surface area contributed by atoms with E-state index in [0.717, 1.165) is 37.0 Å². The van der Waals surface area contributed by atoms with Crippen LogP contribution >= 0.6 is 35.3 Å². The molecule has 2 rings (SSSR count). The molecule has 146 valence electrons. The summed E-state index contributed by atoms with van der Waals surface area (Å²) in [7, 11) is 1.71. The molecule has 0 radical (unpaired) electrons. The summed E-state index contributed by atoms with van der Waals surface area (Å²) < 4.78 is 7.15. The van der Waals surface area contributed by atoms with Crippen LogP contribution in [-0.4, -0.2) is 36.0 Å². The van der Waals surface area contributed by atoms with Gasteiger partial charge in [-0.1, -0.05) is 0 Å². The largest absolute Gasteiger partial charge is 0.383 e. The standard InChI is InChI=1S/C18H29N5OS.HI/c1-6-19-18(21-12-17-13(2)7-10-25-17)20-11-16-14(3)22-23(15(16)4)8-9-24-5;/h7,10H,6,8-9,11-12H2,1-5H3,(H2,19,20,21);1H. The van der Waals surface area contributed by atoms with Gasteiger partial charge in [0.2, 0.25) is 0 Å². The molecular formula is C18H30IN5OS. The third-order valence-corrected chi connectivity index (χ3v) is 5.19. The van der Waals surface area contributed by atoms with Gasteiger partial charge in [-0.05, 0) is 44.7 Å². The maximum Gasteiger partial charge on any atom is 0.191 e. The van der Waals surface area contributed by atoms with E-state index in [1.807, 2.05) is 11.6 Å². The quantitative estimate of drug-likeness (QED) is 0.338. The number of hydrogen-bond donors (Lipinski definition) is 2. The third kappa shape index (κ3) is 6.24. The molecule has 0 saturated heterocycles. The predicted molar refractivity (Wildman–Crippen MR) is 120 cm³/mol. The van der Waals surface area contributed by atoms with Gasteiger partial charge in [0.05, 0.1) is 31.9 Å². The summed E-state index contributed by atoms with van der Waals surface area (Å²) in [6.45, 7) is 12.0. The summed E-state index contributed by atoms with van der Waals surface area (Å²) in [5.41, 5.74) is 4.69. The number of hydrogen-bond acceptors (Lipinski definition) is 4. The highest BCUT2D eigenvalue weighted by Gasteiger charge is 2.11. The Balaban J connectivity index is 0.00000338. The van der Waals surface area contributed by atoms with Crippen molar-refractivity contribution >= 4 is 41.3 Å². The van der Waals surface area contributed by atoms with E-state index in [9.17, 15) is 0 Å². The number of halogens is 1. The van der Waals surface area contributed by atoms with Crippen molar-refractivity contribution in [3.05, 3.63) is 38.8 Å². The molecule has 0 atom stereocenters. The molecule has 0 saturated carbocycles. The van der Waals surface area contributed by atoms with Gasteiger partial charge in [-0.3, -0.25) is 4.68 Å². The number of aliphatic imine (C=N–C) groups is 1. The highest BCUT2D eigenvalue weighted by molar-refractivity contribution is 14.0. The van der Waals surface area contributed by atoms with Gasteiger partial charge in [-0.15, -0.1) is 35.3 Å². The van der Waals surface area contributed by atoms with Crippen LogP contribution in [0.15, 0.2) is 16.4 Å². The van der Waals surface area contributed by atoms with E-state index in [1.54, 1.807) is 18.4 Å². The van der Waals surface area contributed by atoms with Crippen LogP contribution in [0.2, 0.25) is 0 Å². The highest BCUT2D eigenvalue weighted by atomic mass is 127. The molecule has 0 bridgehead atoms. The first-order chi connectivity index (χ1) is 12.1. The average Bonchev–Trinajstić information content (AvgIpc) is 3.12. The summed E-state index contributed by atoms with van der Waals surface area (Å²) in [6, 6.07) is 2.15. The maximum absolute atomic E-state index is 5.15. The van der Waals surface area contributed by atoms with Crippen LogP contribution in [0.4, 0.5) is 0 Å². The van der Waals surface area contributed by atoms with E-state index in [4.69, 9.17) is 9.73 Å². The summed E-state index contributed by atoms with van der Waals surface area (Å²) >= 11 is 1.77. The Hall–Kier alpha value is -1.13. The molecule has 0 spiro atoms. The van der Waals surface area contributed by atoms with E-state index in [1.165, 1.54) is 16.0 Å². The van der Waals surface area contributed by atoms with Crippen molar-refractivity contribution < 1.29 is 4.74 Å². The molecule has 0 aromatic carbocycles. The van der Waals surface area contributed by atoms with Gasteiger partial charge in [0.1, 0.15) is 0 Å². The first-order valence-electron chi connectivity index (χ1n) is 8.63. The molecule has 0 aliphatic rings. The van der Waals surface area contributed by atoms with E-state index in [-0.39, 0.29) is 24.0 Å². The number of nitrogens with zero attached hydrogens (tertiary/aromatic N) is 3. The van der Waals surface area contributed by atoms with Gasteiger partial charge >= 0.3 is 0 Å². The summed E-state index contributed by atoms with van der Waals surface area (Å²) in [5.74, 6) is 0.832. The molecule has 6 nitrogen and oxygen atoms in total. The van der Waals surface area contributed by atoms with Crippen molar-refractivity contribution in [2.24, 2.45) is 4.99 Å². The van der Waals surface area contributed by atoms with Crippen LogP contribution in [0.1, 0.15) is 34.3 Å². The Labute approximate surface area is 177 Å². The van der Waals surface area contributed by atoms with Crippen molar-refractivity contribution in [2.75, 3.05) is 20.3 Å².